The van der Waals surface area contributed by atoms with Gasteiger partial charge < -0.3 is 4.52 Å². The minimum absolute atomic E-state index is 0.157. The van der Waals surface area contributed by atoms with Crippen LogP contribution < -0.4 is 5.32 Å². The number of hydrogen-bond acceptors (Lipinski definition) is 4. The molecule has 4 rings (SSSR count). The molecule has 0 spiro atoms. The van der Waals surface area contributed by atoms with Crippen molar-refractivity contribution in [2.45, 2.75) is 19.8 Å². The number of rotatable bonds is 6. The predicted molar refractivity (Wildman–Crippen MR) is 113 cm³/mol. The average Bonchev–Trinajstić information content (AvgIpc) is 3.18. The van der Waals surface area contributed by atoms with Crippen molar-refractivity contribution in [2.24, 2.45) is 0 Å². The van der Waals surface area contributed by atoms with Gasteiger partial charge in [0.15, 0.2) is 0 Å². The number of aromatic nitrogens is 2. The summed E-state index contributed by atoms with van der Waals surface area (Å²) in [4.78, 5) is 16.7. The Labute approximate surface area is 169 Å². The van der Waals surface area contributed by atoms with E-state index >= 15 is 0 Å². The van der Waals surface area contributed by atoms with Crippen molar-refractivity contribution in [3.8, 4) is 22.4 Å². The number of nitrogens with zero attached hydrogens (tertiary/aromatic N) is 2. The highest BCUT2D eigenvalue weighted by atomic mass is 16.5. The van der Waals surface area contributed by atoms with E-state index in [1.54, 1.807) is 12.4 Å². The minimum Gasteiger partial charge on any atom is -0.337 e. The molecule has 5 heteroatoms. The van der Waals surface area contributed by atoms with Crippen LogP contribution in [0.25, 0.3) is 22.4 Å². The molecule has 2 aromatic heterocycles. The monoisotopic (exact) mass is 383 g/mol. The summed E-state index contributed by atoms with van der Waals surface area (Å²) in [5.41, 5.74) is 5.43. The molecule has 0 radical (unpaired) electrons. The van der Waals surface area contributed by atoms with Crippen molar-refractivity contribution in [1.29, 1.82) is 0 Å². The molecule has 0 aliphatic carbocycles. The summed E-state index contributed by atoms with van der Waals surface area (Å²) < 4.78 is 5.57. The summed E-state index contributed by atoms with van der Waals surface area (Å²) in [5.74, 6) is 0.183. The van der Waals surface area contributed by atoms with Crippen LogP contribution in [0, 0.1) is 0 Å². The Morgan fingerprint density at radius 3 is 2.31 bits per heavy atom. The van der Waals surface area contributed by atoms with Gasteiger partial charge in [0.25, 0.3) is 0 Å². The number of hydrogen-bond donors (Lipinski definition) is 1. The molecule has 5 nitrogen and oxygen atoms in total. The van der Waals surface area contributed by atoms with Crippen LogP contribution >= 0.6 is 0 Å². The normalized spacial score (nSPS) is 10.7. The van der Waals surface area contributed by atoms with Crippen molar-refractivity contribution in [1.82, 2.24) is 10.1 Å². The third-order valence-corrected chi connectivity index (χ3v) is 4.76. The number of pyridine rings is 1. The summed E-state index contributed by atoms with van der Waals surface area (Å²) in [5, 5.41) is 7.15. The molecule has 144 valence electrons. The number of amides is 1. The fourth-order valence-corrected chi connectivity index (χ4v) is 3.21. The first kappa shape index (κ1) is 18.6. The van der Waals surface area contributed by atoms with Gasteiger partial charge in [0, 0.05) is 18.0 Å². The smallest absolute Gasteiger partial charge is 0.239 e. The number of benzene rings is 2. The third-order valence-electron chi connectivity index (χ3n) is 4.76. The molecule has 0 fully saturated rings. The van der Waals surface area contributed by atoms with Gasteiger partial charge >= 0.3 is 0 Å². The highest BCUT2D eigenvalue weighted by Gasteiger charge is 2.21. The van der Waals surface area contributed by atoms with E-state index in [-0.39, 0.29) is 12.3 Å². The SMILES string of the molecule is CCc1ccc(-c2noc(NC(=O)Cc3ccccc3)c2-c2ccncc2)cc1. The van der Waals surface area contributed by atoms with Gasteiger partial charge in [-0.2, -0.15) is 0 Å². The van der Waals surface area contributed by atoms with Gasteiger partial charge in [-0.1, -0.05) is 66.7 Å². The van der Waals surface area contributed by atoms with Crippen molar-refractivity contribution in [2.75, 3.05) is 5.32 Å². The second kappa shape index (κ2) is 8.52. The molecule has 29 heavy (non-hydrogen) atoms. The molecule has 1 N–H and O–H groups in total. The number of anilines is 1. The maximum absolute atomic E-state index is 12.6. The molecule has 4 aromatic rings. The van der Waals surface area contributed by atoms with Crippen LogP contribution in [-0.2, 0) is 17.6 Å². The van der Waals surface area contributed by atoms with Gasteiger partial charge in [0.1, 0.15) is 5.69 Å². The van der Waals surface area contributed by atoms with E-state index in [0.717, 1.165) is 28.7 Å². The zero-order chi connectivity index (χ0) is 20.1. The number of carbonyl (C=O) groups is 1. The van der Waals surface area contributed by atoms with Gasteiger partial charge in [-0.3, -0.25) is 15.1 Å². The summed E-state index contributed by atoms with van der Waals surface area (Å²) >= 11 is 0. The summed E-state index contributed by atoms with van der Waals surface area (Å²) in [6, 6.07) is 21.6. The number of carbonyl (C=O) groups excluding carboxylic acids is 1. The largest absolute Gasteiger partial charge is 0.337 e. The van der Waals surface area contributed by atoms with Crippen molar-refractivity contribution in [3.63, 3.8) is 0 Å². The lowest BCUT2D eigenvalue weighted by Gasteiger charge is -2.07. The summed E-state index contributed by atoms with van der Waals surface area (Å²) in [7, 11) is 0. The Morgan fingerprint density at radius 2 is 1.62 bits per heavy atom. The van der Waals surface area contributed by atoms with Gasteiger partial charge in [-0.05, 0) is 35.2 Å². The third kappa shape index (κ3) is 4.24. The Kier molecular flexibility index (Phi) is 5.47. The number of nitrogens with one attached hydrogen (secondary N) is 1. The first-order valence-corrected chi connectivity index (χ1v) is 9.57. The van der Waals surface area contributed by atoms with Gasteiger partial charge in [0.2, 0.25) is 11.8 Å². The minimum atomic E-state index is -0.157. The van der Waals surface area contributed by atoms with E-state index in [1.165, 1.54) is 5.56 Å². The molecule has 0 saturated carbocycles. The van der Waals surface area contributed by atoms with Crippen LogP contribution in [0.1, 0.15) is 18.1 Å². The first-order valence-electron chi connectivity index (χ1n) is 9.57. The van der Waals surface area contributed by atoms with E-state index in [9.17, 15) is 4.79 Å². The number of aryl methyl sites for hydroxylation is 1. The Balaban J connectivity index is 1.68. The molecule has 0 atom stereocenters. The average molecular weight is 383 g/mol. The molecular weight excluding hydrogens is 362 g/mol. The van der Waals surface area contributed by atoms with Crippen LogP contribution in [0.15, 0.2) is 83.6 Å². The molecule has 0 aliphatic rings. The van der Waals surface area contributed by atoms with Crippen LogP contribution in [0.2, 0.25) is 0 Å². The van der Waals surface area contributed by atoms with Crippen LogP contribution in [-0.4, -0.2) is 16.0 Å². The summed E-state index contributed by atoms with van der Waals surface area (Å²) in [6.07, 6.45) is 4.65. The van der Waals surface area contributed by atoms with Crippen molar-refractivity contribution < 1.29 is 9.32 Å². The molecule has 0 saturated heterocycles. The summed E-state index contributed by atoms with van der Waals surface area (Å²) in [6.45, 7) is 2.12. The second-order valence-electron chi connectivity index (χ2n) is 6.73. The lowest BCUT2D eigenvalue weighted by molar-refractivity contribution is -0.115. The van der Waals surface area contributed by atoms with E-state index < -0.39 is 0 Å². The molecule has 0 bridgehead atoms. The van der Waals surface area contributed by atoms with E-state index in [4.69, 9.17) is 4.52 Å². The van der Waals surface area contributed by atoms with Crippen molar-refractivity contribution >= 4 is 11.8 Å². The van der Waals surface area contributed by atoms with Gasteiger partial charge in [0.05, 0.1) is 12.0 Å². The van der Waals surface area contributed by atoms with Gasteiger partial charge in [-0.25, -0.2) is 0 Å². The first-order chi connectivity index (χ1) is 14.2. The molecular formula is C24H21N3O2. The Bertz CT molecular complexity index is 1090. The van der Waals surface area contributed by atoms with Crippen LogP contribution in [0.4, 0.5) is 5.88 Å². The van der Waals surface area contributed by atoms with Crippen LogP contribution in [0.3, 0.4) is 0 Å². The fraction of sp³-hybridized carbons (Fsp3) is 0.125. The van der Waals surface area contributed by atoms with Crippen molar-refractivity contribution in [3.05, 3.63) is 90.3 Å². The zero-order valence-corrected chi connectivity index (χ0v) is 16.1. The molecule has 2 aromatic carbocycles. The van der Waals surface area contributed by atoms with E-state index in [0.29, 0.717) is 11.6 Å². The Hall–Kier alpha value is -3.73. The molecule has 1 amide bonds. The fourth-order valence-electron chi connectivity index (χ4n) is 3.21. The zero-order valence-electron chi connectivity index (χ0n) is 16.1. The second-order valence-corrected chi connectivity index (χ2v) is 6.73. The maximum Gasteiger partial charge on any atom is 0.239 e. The van der Waals surface area contributed by atoms with Gasteiger partial charge in [-0.15, -0.1) is 0 Å². The topological polar surface area (TPSA) is 68.0 Å². The Morgan fingerprint density at radius 1 is 0.897 bits per heavy atom. The lowest BCUT2D eigenvalue weighted by Crippen LogP contribution is -2.14. The van der Waals surface area contributed by atoms with E-state index in [2.05, 4.69) is 34.5 Å². The maximum atomic E-state index is 12.6. The lowest BCUT2D eigenvalue weighted by atomic mass is 10.0. The molecule has 0 aliphatic heterocycles. The van der Waals surface area contributed by atoms with Crippen LogP contribution in [0.5, 0.6) is 0 Å². The highest BCUT2D eigenvalue weighted by Crippen LogP contribution is 2.37. The highest BCUT2D eigenvalue weighted by molar-refractivity contribution is 5.97. The molecule has 0 unspecified atom stereocenters. The molecule has 2 heterocycles. The standard InChI is InChI=1S/C24H21N3O2/c1-2-17-8-10-20(11-9-17)23-22(19-12-14-25-15-13-19)24(29-27-23)26-21(28)16-18-6-4-3-5-7-18/h3-15H,2,16H2,1H3,(H,26,28). The van der Waals surface area contributed by atoms with E-state index in [1.807, 2.05) is 54.6 Å². The predicted octanol–water partition coefficient (Wildman–Crippen LogP) is 5.15. The quantitative estimate of drug-likeness (QED) is 0.500.